The third-order valence-electron chi connectivity index (χ3n) is 2.83. The van der Waals surface area contributed by atoms with Crippen molar-refractivity contribution in [3.63, 3.8) is 0 Å². The zero-order chi connectivity index (χ0) is 10.2. The normalized spacial score (nSPS) is 16.6. The molecular weight excluding hydrogens is 172 g/mol. The van der Waals surface area contributed by atoms with E-state index in [9.17, 15) is 8.42 Å². The van der Waals surface area contributed by atoms with Gasteiger partial charge < -0.3 is 0 Å². The van der Waals surface area contributed by atoms with Gasteiger partial charge in [0.15, 0.2) is 0 Å². The van der Waals surface area contributed by atoms with Crippen molar-refractivity contribution in [2.45, 2.75) is 46.3 Å². The molecule has 0 heterocycles. The Morgan fingerprint density at radius 1 is 1.00 bits per heavy atom. The summed E-state index contributed by atoms with van der Waals surface area (Å²) in [5, 5.41) is 0. The minimum Gasteiger partial charge on any atom is -0.231 e. The molecule has 0 saturated carbocycles. The highest BCUT2D eigenvalue weighted by atomic mass is 32.2. The van der Waals surface area contributed by atoms with E-state index in [1.807, 2.05) is 6.92 Å². The summed E-state index contributed by atoms with van der Waals surface area (Å²) in [6.07, 6.45) is 0. The molecule has 0 fully saturated rings. The second kappa shape index (κ2) is 3.36. The molecule has 2 nitrogen and oxygen atoms in total. The van der Waals surface area contributed by atoms with Gasteiger partial charge in [0.1, 0.15) is 10.7 Å². The van der Waals surface area contributed by atoms with Gasteiger partial charge in [-0.1, -0.05) is 27.7 Å². The van der Waals surface area contributed by atoms with Crippen LogP contribution in [0.4, 0.5) is 0 Å². The highest BCUT2D eigenvalue weighted by molar-refractivity contribution is 7.74. The summed E-state index contributed by atoms with van der Waals surface area (Å²) < 4.78 is 21.3. The van der Waals surface area contributed by atoms with Crippen molar-refractivity contribution in [3.8, 4) is 0 Å². The Morgan fingerprint density at radius 3 is 1.42 bits per heavy atom. The average Bonchev–Trinajstić information content (AvgIpc) is 1.83. The SMILES string of the molecule is CC(C(C)(C)C)C(C)(C)[SH](=O)=O. The third kappa shape index (κ3) is 2.47. The molecule has 0 spiro atoms. The van der Waals surface area contributed by atoms with Crippen LogP contribution in [-0.2, 0) is 10.7 Å². The summed E-state index contributed by atoms with van der Waals surface area (Å²) in [6.45, 7) is 11.8. The molecule has 0 amide bonds. The first-order chi connectivity index (χ1) is 5.10. The highest BCUT2D eigenvalue weighted by Gasteiger charge is 2.36. The van der Waals surface area contributed by atoms with Crippen molar-refractivity contribution in [3.05, 3.63) is 0 Å². The van der Waals surface area contributed by atoms with Crippen molar-refractivity contribution in [2.75, 3.05) is 0 Å². The molecule has 0 N–H and O–H groups in total. The molecule has 12 heavy (non-hydrogen) atoms. The first-order valence-electron chi connectivity index (χ1n) is 4.24. The summed E-state index contributed by atoms with van der Waals surface area (Å²) in [6, 6.07) is 0. The average molecular weight is 192 g/mol. The maximum Gasteiger partial charge on any atom is 0.145 e. The molecule has 0 aromatic rings. The number of thiol groups is 1. The monoisotopic (exact) mass is 192 g/mol. The van der Waals surface area contributed by atoms with E-state index in [2.05, 4.69) is 20.8 Å². The first kappa shape index (κ1) is 11.9. The lowest BCUT2D eigenvalue weighted by molar-refractivity contribution is 0.214. The van der Waals surface area contributed by atoms with Gasteiger partial charge in [0.2, 0.25) is 0 Å². The molecule has 1 unspecified atom stereocenters. The molecular formula is C9H20O2S. The molecule has 0 rings (SSSR count). The van der Waals surface area contributed by atoms with Crippen molar-refractivity contribution in [1.29, 1.82) is 0 Å². The van der Waals surface area contributed by atoms with Gasteiger partial charge in [-0.05, 0) is 25.2 Å². The Labute approximate surface area is 77.3 Å². The second-order valence-electron chi connectivity index (χ2n) is 5.00. The molecule has 0 saturated heterocycles. The van der Waals surface area contributed by atoms with Crippen LogP contribution in [0.1, 0.15) is 41.5 Å². The Hall–Kier alpha value is -0.0500. The number of hydrogen-bond donors (Lipinski definition) is 1. The lowest BCUT2D eigenvalue weighted by atomic mass is 9.75. The van der Waals surface area contributed by atoms with E-state index in [1.54, 1.807) is 13.8 Å². The van der Waals surface area contributed by atoms with E-state index in [1.165, 1.54) is 0 Å². The van der Waals surface area contributed by atoms with Crippen molar-refractivity contribution < 1.29 is 8.42 Å². The van der Waals surface area contributed by atoms with E-state index in [0.29, 0.717) is 0 Å². The Morgan fingerprint density at radius 2 is 1.33 bits per heavy atom. The first-order valence-corrected chi connectivity index (χ1v) is 5.42. The molecule has 3 heteroatoms. The Kier molecular flexibility index (Phi) is 3.35. The van der Waals surface area contributed by atoms with Gasteiger partial charge in [0.25, 0.3) is 0 Å². The quantitative estimate of drug-likeness (QED) is 0.680. The van der Waals surface area contributed by atoms with Crippen LogP contribution in [0.5, 0.6) is 0 Å². The minimum absolute atomic E-state index is 0.0406. The van der Waals surface area contributed by atoms with E-state index >= 15 is 0 Å². The van der Waals surface area contributed by atoms with E-state index in [0.717, 1.165) is 0 Å². The molecule has 0 aliphatic rings. The second-order valence-corrected chi connectivity index (χ2v) is 6.67. The van der Waals surface area contributed by atoms with Gasteiger partial charge in [-0.2, -0.15) is 0 Å². The van der Waals surface area contributed by atoms with Crippen LogP contribution in [0.2, 0.25) is 0 Å². The summed E-state index contributed by atoms with van der Waals surface area (Å²) >= 11 is 0. The van der Waals surface area contributed by atoms with E-state index in [4.69, 9.17) is 0 Å². The number of rotatable bonds is 2. The third-order valence-corrected chi connectivity index (χ3v) is 4.16. The van der Waals surface area contributed by atoms with Crippen LogP contribution < -0.4 is 0 Å². The van der Waals surface area contributed by atoms with Crippen LogP contribution in [0.25, 0.3) is 0 Å². The molecule has 0 aromatic heterocycles. The van der Waals surface area contributed by atoms with Crippen LogP contribution in [0.15, 0.2) is 0 Å². The predicted molar refractivity (Wildman–Crippen MR) is 53.0 cm³/mol. The standard InChI is InChI=1S/C9H20O2S/c1-7(8(2,3)4)9(5,6)12(10)11/h7,12H,1-6H3. The summed E-state index contributed by atoms with van der Waals surface area (Å²) in [5.74, 6) is 0.158. The fraction of sp³-hybridized carbons (Fsp3) is 1.00. The summed E-state index contributed by atoms with van der Waals surface area (Å²) in [5.41, 5.74) is 0.0406. The van der Waals surface area contributed by atoms with Crippen LogP contribution in [-0.4, -0.2) is 13.2 Å². The highest BCUT2D eigenvalue weighted by Crippen LogP contribution is 2.35. The zero-order valence-corrected chi connectivity index (χ0v) is 9.74. The zero-order valence-electron chi connectivity index (χ0n) is 8.84. The van der Waals surface area contributed by atoms with Crippen LogP contribution in [0, 0.1) is 11.3 Å². The Balaban J connectivity index is 4.81. The van der Waals surface area contributed by atoms with Crippen molar-refractivity contribution in [2.24, 2.45) is 11.3 Å². The number of hydrogen-bond acceptors (Lipinski definition) is 2. The largest absolute Gasteiger partial charge is 0.231 e. The lowest BCUT2D eigenvalue weighted by Crippen LogP contribution is -2.38. The maximum absolute atomic E-state index is 10.9. The summed E-state index contributed by atoms with van der Waals surface area (Å²) in [7, 11) is -2.35. The van der Waals surface area contributed by atoms with Gasteiger partial charge >= 0.3 is 0 Å². The minimum atomic E-state index is -2.35. The van der Waals surface area contributed by atoms with Crippen LogP contribution >= 0.6 is 0 Å². The molecule has 0 radical (unpaired) electrons. The lowest BCUT2D eigenvalue weighted by Gasteiger charge is -2.36. The van der Waals surface area contributed by atoms with Crippen LogP contribution in [0.3, 0.4) is 0 Å². The topological polar surface area (TPSA) is 34.1 Å². The smallest absolute Gasteiger partial charge is 0.145 e. The van der Waals surface area contributed by atoms with E-state index < -0.39 is 15.5 Å². The van der Waals surface area contributed by atoms with Crippen molar-refractivity contribution in [1.82, 2.24) is 0 Å². The molecule has 1 atom stereocenters. The van der Waals surface area contributed by atoms with Gasteiger partial charge in [0, 0.05) is 0 Å². The van der Waals surface area contributed by atoms with Gasteiger partial charge in [-0.25, -0.2) is 8.42 Å². The fourth-order valence-electron chi connectivity index (χ4n) is 1.22. The van der Waals surface area contributed by atoms with E-state index in [-0.39, 0.29) is 11.3 Å². The van der Waals surface area contributed by atoms with Gasteiger partial charge in [-0.15, -0.1) is 0 Å². The predicted octanol–water partition coefficient (Wildman–Crippen LogP) is 2.06. The van der Waals surface area contributed by atoms with Gasteiger partial charge in [-0.3, -0.25) is 0 Å². The maximum atomic E-state index is 10.9. The summed E-state index contributed by atoms with van der Waals surface area (Å²) in [4.78, 5) is 0. The molecule has 0 aliphatic carbocycles. The molecule has 0 aliphatic heterocycles. The van der Waals surface area contributed by atoms with Crippen molar-refractivity contribution >= 4 is 10.7 Å². The molecule has 0 aromatic carbocycles. The fourth-order valence-corrected chi connectivity index (χ4v) is 1.92. The van der Waals surface area contributed by atoms with Gasteiger partial charge in [0.05, 0.1) is 4.75 Å². The molecule has 74 valence electrons. The molecule has 0 bridgehead atoms. The Bertz CT molecular complexity index is 213.